The van der Waals surface area contributed by atoms with Crippen molar-refractivity contribution >= 4 is 17.0 Å². The van der Waals surface area contributed by atoms with Crippen LogP contribution in [0.5, 0.6) is 0 Å². The molecule has 22 heavy (non-hydrogen) atoms. The Hall–Kier alpha value is -2.69. The molecule has 0 fully saturated rings. The number of aromatic nitrogens is 2. The second kappa shape index (κ2) is 4.94. The van der Waals surface area contributed by atoms with Gasteiger partial charge in [0.2, 0.25) is 0 Å². The molecule has 1 N–H and O–H groups in total. The molecule has 112 valence electrons. The molecule has 0 amide bonds. The molecular formula is C17H15FN2O2. The van der Waals surface area contributed by atoms with Crippen molar-refractivity contribution in [2.75, 3.05) is 0 Å². The minimum Gasteiger partial charge on any atom is -0.480 e. The van der Waals surface area contributed by atoms with E-state index in [9.17, 15) is 14.3 Å². The molecule has 3 aromatic rings. The summed E-state index contributed by atoms with van der Waals surface area (Å²) in [6.45, 7) is 3.15. The van der Waals surface area contributed by atoms with Crippen molar-refractivity contribution in [3.05, 3.63) is 54.3 Å². The van der Waals surface area contributed by atoms with Crippen LogP contribution in [0.15, 0.2) is 48.5 Å². The molecule has 0 saturated carbocycles. The fourth-order valence-corrected chi connectivity index (χ4v) is 2.51. The Kier molecular flexibility index (Phi) is 3.20. The molecule has 0 aliphatic carbocycles. The van der Waals surface area contributed by atoms with Gasteiger partial charge in [0.25, 0.3) is 0 Å². The van der Waals surface area contributed by atoms with Crippen molar-refractivity contribution in [3.8, 4) is 11.4 Å². The Labute approximate surface area is 126 Å². The Morgan fingerprint density at radius 2 is 1.77 bits per heavy atom. The van der Waals surface area contributed by atoms with Gasteiger partial charge in [-0.3, -0.25) is 0 Å². The highest BCUT2D eigenvalue weighted by atomic mass is 19.1. The predicted molar refractivity (Wildman–Crippen MR) is 82.1 cm³/mol. The number of nitrogens with zero attached hydrogens (tertiary/aromatic N) is 2. The van der Waals surface area contributed by atoms with Gasteiger partial charge in [-0.2, -0.15) is 0 Å². The lowest BCUT2D eigenvalue weighted by Crippen LogP contribution is -2.36. The molecule has 1 aromatic heterocycles. The SMILES string of the molecule is CC(C)(C(=O)O)n1c(-c2ccccc2F)nc2ccccc21. The number of aliphatic carboxylic acids is 1. The van der Waals surface area contributed by atoms with Gasteiger partial charge in [0, 0.05) is 0 Å². The van der Waals surface area contributed by atoms with E-state index in [1.807, 2.05) is 12.1 Å². The van der Waals surface area contributed by atoms with Crippen LogP contribution < -0.4 is 0 Å². The summed E-state index contributed by atoms with van der Waals surface area (Å²) in [6, 6.07) is 13.4. The van der Waals surface area contributed by atoms with E-state index in [1.165, 1.54) is 6.07 Å². The van der Waals surface area contributed by atoms with Gasteiger partial charge in [-0.05, 0) is 38.1 Å². The van der Waals surface area contributed by atoms with Gasteiger partial charge in [0.15, 0.2) is 0 Å². The summed E-state index contributed by atoms with van der Waals surface area (Å²) < 4.78 is 15.7. The number of carboxylic acids is 1. The third-order valence-electron chi connectivity index (χ3n) is 3.76. The lowest BCUT2D eigenvalue weighted by atomic mass is 10.0. The highest BCUT2D eigenvalue weighted by Crippen LogP contribution is 2.32. The van der Waals surface area contributed by atoms with Crippen LogP contribution in [0.4, 0.5) is 4.39 Å². The Morgan fingerprint density at radius 3 is 2.45 bits per heavy atom. The van der Waals surface area contributed by atoms with Gasteiger partial charge in [-0.1, -0.05) is 24.3 Å². The number of halogens is 1. The first-order chi connectivity index (χ1) is 10.4. The van der Waals surface area contributed by atoms with Crippen molar-refractivity contribution in [1.82, 2.24) is 9.55 Å². The number of benzene rings is 2. The van der Waals surface area contributed by atoms with Crippen LogP contribution >= 0.6 is 0 Å². The number of carbonyl (C=O) groups is 1. The summed E-state index contributed by atoms with van der Waals surface area (Å²) in [7, 11) is 0. The van der Waals surface area contributed by atoms with Crippen molar-refractivity contribution in [1.29, 1.82) is 0 Å². The molecule has 0 saturated heterocycles. The zero-order chi connectivity index (χ0) is 15.9. The highest BCUT2D eigenvalue weighted by Gasteiger charge is 2.34. The number of hydrogen-bond acceptors (Lipinski definition) is 2. The third-order valence-corrected chi connectivity index (χ3v) is 3.76. The molecule has 3 rings (SSSR count). The molecule has 5 heteroatoms. The highest BCUT2D eigenvalue weighted by molar-refractivity contribution is 5.86. The molecule has 0 unspecified atom stereocenters. The Morgan fingerprint density at radius 1 is 1.14 bits per heavy atom. The molecule has 0 radical (unpaired) electrons. The average Bonchev–Trinajstić information content (AvgIpc) is 2.87. The van der Waals surface area contributed by atoms with Crippen molar-refractivity contribution in [2.45, 2.75) is 19.4 Å². The van der Waals surface area contributed by atoms with E-state index >= 15 is 0 Å². The van der Waals surface area contributed by atoms with Gasteiger partial charge in [0.05, 0.1) is 16.6 Å². The van der Waals surface area contributed by atoms with E-state index in [2.05, 4.69) is 4.98 Å². The first-order valence-electron chi connectivity index (χ1n) is 6.89. The van der Waals surface area contributed by atoms with Gasteiger partial charge in [-0.25, -0.2) is 14.2 Å². The van der Waals surface area contributed by atoms with E-state index in [4.69, 9.17) is 0 Å². The summed E-state index contributed by atoms with van der Waals surface area (Å²) >= 11 is 0. The van der Waals surface area contributed by atoms with E-state index < -0.39 is 17.3 Å². The largest absolute Gasteiger partial charge is 0.480 e. The molecule has 0 aliphatic heterocycles. The quantitative estimate of drug-likeness (QED) is 0.802. The van der Waals surface area contributed by atoms with Gasteiger partial charge < -0.3 is 9.67 Å². The average molecular weight is 298 g/mol. The van der Waals surface area contributed by atoms with E-state index in [0.29, 0.717) is 16.9 Å². The van der Waals surface area contributed by atoms with Gasteiger partial charge in [0.1, 0.15) is 17.2 Å². The zero-order valence-electron chi connectivity index (χ0n) is 12.2. The van der Waals surface area contributed by atoms with Crippen LogP contribution in [0.25, 0.3) is 22.4 Å². The summed E-state index contributed by atoms with van der Waals surface area (Å²) in [5.41, 5.74) is 0.324. The number of fused-ring (bicyclic) bond motifs is 1. The van der Waals surface area contributed by atoms with Crippen LogP contribution in [0.3, 0.4) is 0 Å². The first-order valence-corrected chi connectivity index (χ1v) is 6.89. The van der Waals surface area contributed by atoms with Crippen molar-refractivity contribution in [2.24, 2.45) is 0 Å². The number of rotatable bonds is 3. The smallest absolute Gasteiger partial charge is 0.329 e. The number of hydrogen-bond donors (Lipinski definition) is 1. The van der Waals surface area contributed by atoms with Crippen LogP contribution in [-0.2, 0) is 10.3 Å². The summed E-state index contributed by atoms with van der Waals surface area (Å²) in [6.07, 6.45) is 0. The van der Waals surface area contributed by atoms with Gasteiger partial charge >= 0.3 is 5.97 Å². The lowest BCUT2D eigenvalue weighted by molar-refractivity contribution is -0.145. The number of carboxylic acid groups (broad SMARTS) is 1. The Bertz CT molecular complexity index is 868. The molecular weight excluding hydrogens is 283 g/mol. The van der Waals surface area contributed by atoms with Crippen molar-refractivity contribution in [3.63, 3.8) is 0 Å². The Balaban J connectivity index is 2.41. The second-order valence-electron chi connectivity index (χ2n) is 5.60. The maximum absolute atomic E-state index is 14.2. The molecule has 1 heterocycles. The predicted octanol–water partition coefficient (Wildman–Crippen LogP) is 3.66. The van der Waals surface area contributed by atoms with E-state index in [0.717, 1.165) is 0 Å². The minimum absolute atomic E-state index is 0.285. The van der Waals surface area contributed by atoms with Crippen molar-refractivity contribution < 1.29 is 14.3 Å². The van der Waals surface area contributed by atoms with Crippen LogP contribution in [0.2, 0.25) is 0 Å². The first kappa shape index (κ1) is 14.3. The summed E-state index contributed by atoms with van der Waals surface area (Å²) in [5, 5.41) is 9.57. The number of imidazole rings is 1. The molecule has 4 nitrogen and oxygen atoms in total. The molecule has 2 aromatic carbocycles. The zero-order valence-corrected chi connectivity index (χ0v) is 12.2. The topological polar surface area (TPSA) is 55.1 Å². The van der Waals surface area contributed by atoms with E-state index in [-0.39, 0.29) is 5.56 Å². The molecule has 0 bridgehead atoms. The maximum Gasteiger partial charge on any atom is 0.329 e. The molecule has 0 atom stereocenters. The minimum atomic E-state index is -1.26. The van der Waals surface area contributed by atoms with Gasteiger partial charge in [-0.15, -0.1) is 0 Å². The lowest BCUT2D eigenvalue weighted by Gasteiger charge is -2.24. The molecule has 0 spiro atoms. The fourth-order valence-electron chi connectivity index (χ4n) is 2.51. The summed E-state index contributed by atoms with van der Waals surface area (Å²) in [5.74, 6) is -1.12. The van der Waals surface area contributed by atoms with Crippen LogP contribution in [-0.4, -0.2) is 20.6 Å². The third kappa shape index (κ3) is 2.06. The normalized spacial score (nSPS) is 11.8. The van der Waals surface area contributed by atoms with Crippen LogP contribution in [0.1, 0.15) is 13.8 Å². The fraction of sp³-hybridized carbons (Fsp3) is 0.176. The maximum atomic E-state index is 14.2. The number of para-hydroxylation sites is 2. The van der Waals surface area contributed by atoms with Crippen LogP contribution in [0, 0.1) is 5.82 Å². The summed E-state index contributed by atoms with van der Waals surface area (Å²) in [4.78, 5) is 16.1. The molecule has 0 aliphatic rings. The standard InChI is InChI=1S/C17H15FN2O2/c1-17(2,16(21)22)20-14-10-6-5-9-13(14)19-15(20)11-7-3-4-8-12(11)18/h3-10H,1-2H3,(H,21,22). The second-order valence-corrected chi connectivity index (χ2v) is 5.60. The monoisotopic (exact) mass is 298 g/mol. The van der Waals surface area contributed by atoms with E-state index in [1.54, 1.807) is 48.7 Å².